The molecule has 9 aromatic carbocycles. The molecule has 4 saturated carbocycles. The Hall–Kier alpha value is -7.16. The number of para-hydroxylation sites is 3. The maximum atomic E-state index is 6.52. The van der Waals surface area contributed by atoms with Gasteiger partial charge in [-0.25, -0.2) is 0 Å². The van der Waals surface area contributed by atoms with Crippen LogP contribution in [0.3, 0.4) is 0 Å². The van der Waals surface area contributed by atoms with E-state index in [4.69, 9.17) is 4.42 Å². The zero-order chi connectivity index (χ0) is 41.0. The smallest absolute Gasteiger partial charge is 0.136 e. The van der Waals surface area contributed by atoms with E-state index in [0.29, 0.717) is 5.41 Å². The van der Waals surface area contributed by atoms with Crippen LogP contribution in [0.1, 0.15) is 30.4 Å². The van der Waals surface area contributed by atoms with Crippen molar-refractivity contribution in [1.82, 2.24) is 0 Å². The summed E-state index contributed by atoms with van der Waals surface area (Å²) in [6.07, 6.45) is 4.24. The van der Waals surface area contributed by atoms with Gasteiger partial charge in [-0.05, 0) is 140 Å². The molecule has 4 unspecified atom stereocenters. The fraction of sp³-hybridized carbons (Fsp3) is 0.148. The van der Waals surface area contributed by atoms with Crippen molar-refractivity contribution in [2.24, 2.45) is 29.1 Å². The van der Waals surface area contributed by atoms with Crippen LogP contribution < -0.4 is 4.90 Å². The van der Waals surface area contributed by atoms with Gasteiger partial charge >= 0.3 is 0 Å². The van der Waals surface area contributed by atoms with E-state index >= 15 is 0 Å². The fourth-order valence-electron chi connectivity index (χ4n) is 14.7. The third-order valence-electron chi connectivity index (χ3n) is 17.0. The standard InChI is InChI=1S/C61H43NO/c1-2-15-37(16-3-1)42-23-12-17-38-18-13-24-47(58(38)42)45-20-5-9-27-52(45)62(53-28-10-6-21-46(53)48-25-14-30-55-59(48)49-22-7-11-29-54(49)63-55)41-31-32-44-43-19-4-8-26-50(43)61(51(44)36-41)56-34-39-33-40-35-57(61)60(39,40)56/h1-32,36,39-40,56-57H,33-35H2. The monoisotopic (exact) mass is 805 g/mol. The maximum absolute atomic E-state index is 6.52. The molecular weight excluding hydrogens is 763 g/mol. The number of fused-ring (bicyclic) bond motifs is 11. The molecule has 0 radical (unpaired) electrons. The average molecular weight is 806 g/mol. The summed E-state index contributed by atoms with van der Waals surface area (Å²) in [5.74, 6) is 3.40. The summed E-state index contributed by atoms with van der Waals surface area (Å²) in [5, 5.41) is 4.79. The lowest BCUT2D eigenvalue weighted by atomic mass is 9.11. The fourth-order valence-corrected chi connectivity index (χ4v) is 14.7. The average Bonchev–Trinajstić information content (AvgIpc) is 3.85. The first-order valence-corrected chi connectivity index (χ1v) is 23.0. The highest BCUT2D eigenvalue weighted by atomic mass is 16.3. The summed E-state index contributed by atoms with van der Waals surface area (Å²) < 4.78 is 6.52. The van der Waals surface area contributed by atoms with Gasteiger partial charge in [-0.3, -0.25) is 0 Å². The Labute approximate surface area is 367 Å². The van der Waals surface area contributed by atoms with Gasteiger partial charge in [-0.2, -0.15) is 0 Å². The summed E-state index contributed by atoms with van der Waals surface area (Å²) in [6.45, 7) is 0. The topological polar surface area (TPSA) is 16.4 Å². The minimum atomic E-state index is 0.0988. The van der Waals surface area contributed by atoms with Gasteiger partial charge in [0, 0.05) is 33.0 Å². The van der Waals surface area contributed by atoms with Gasteiger partial charge in [0.15, 0.2) is 0 Å². The predicted molar refractivity (Wildman–Crippen MR) is 259 cm³/mol. The number of benzene rings is 9. The van der Waals surface area contributed by atoms with Crippen LogP contribution in [0, 0.1) is 29.1 Å². The van der Waals surface area contributed by atoms with Crippen LogP contribution in [0.2, 0.25) is 0 Å². The number of nitrogens with zero attached hydrogens (tertiary/aromatic N) is 1. The molecule has 5 aliphatic carbocycles. The molecule has 4 fully saturated rings. The molecule has 2 spiro atoms. The second-order valence-electron chi connectivity index (χ2n) is 19.1. The summed E-state index contributed by atoms with van der Waals surface area (Å²) >= 11 is 0. The molecule has 298 valence electrons. The number of rotatable bonds is 6. The Morgan fingerprint density at radius 1 is 0.413 bits per heavy atom. The molecule has 0 amide bonds. The molecular formula is C61H43NO. The molecule has 10 aromatic rings. The second kappa shape index (κ2) is 12.3. The Morgan fingerprint density at radius 2 is 0.984 bits per heavy atom. The highest BCUT2D eigenvalue weighted by Gasteiger charge is 2.90. The molecule has 15 rings (SSSR count). The van der Waals surface area contributed by atoms with Crippen LogP contribution in [0.25, 0.3) is 77.2 Å². The van der Waals surface area contributed by atoms with Crippen LogP contribution in [0.4, 0.5) is 17.1 Å². The normalized spacial score (nSPS) is 24.1. The summed E-state index contributed by atoms with van der Waals surface area (Å²) in [4.78, 5) is 2.59. The number of hydrogen-bond acceptors (Lipinski definition) is 2. The van der Waals surface area contributed by atoms with E-state index in [1.165, 1.54) is 80.2 Å². The van der Waals surface area contributed by atoms with Gasteiger partial charge in [0.1, 0.15) is 11.2 Å². The maximum Gasteiger partial charge on any atom is 0.136 e. The van der Waals surface area contributed by atoms with Crippen molar-refractivity contribution in [3.8, 4) is 44.5 Å². The van der Waals surface area contributed by atoms with Gasteiger partial charge in [0.25, 0.3) is 0 Å². The molecule has 0 aliphatic heterocycles. The van der Waals surface area contributed by atoms with Gasteiger partial charge in [-0.1, -0.05) is 164 Å². The van der Waals surface area contributed by atoms with Crippen LogP contribution in [-0.4, -0.2) is 0 Å². The molecule has 1 aromatic heterocycles. The minimum absolute atomic E-state index is 0.0988. The molecule has 0 N–H and O–H groups in total. The van der Waals surface area contributed by atoms with Crippen molar-refractivity contribution in [1.29, 1.82) is 0 Å². The molecule has 2 nitrogen and oxygen atoms in total. The molecule has 5 aliphatic rings. The Morgan fingerprint density at radius 3 is 1.73 bits per heavy atom. The molecule has 0 saturated heterocycles. The van der Waals surface area contributed by atoms with E-state index in [2.05, 4.69) is 205 Å². The third kappa shape index (κ3) is 4.16. The van der Waals surface area contributed by atoms with Crippen LogP contribution in [0.5, 0.6) is 0 Å². The van der Waals surface area contributed by atoms with Gasteiger partial charge < -0.3 is 9.32 Å². The quantitative estimate of drug-likeness (QED) is 0.166. The summed E-state index contributed by atoms with van der Waals surface area (Å²) in [7, 11) is 0. The van der Waals surface area contributed by atoms with E-state index in [0.717, 1.165) is 57.0 Å². The highest BCUT2D eigenvalue weighted by Crippen LogP contribution is 2.94. The van der Waals surface area contributed by atoms with Gasteiger partial charge in [0.2, 0.25) is 0 Å². The van der Waals surface area contributed by atoms with Gasteiger partial charge in [0.05, 0.1) is 11.4 Å². The number of furan rings is 1. The van der Waals surface area contributed by atoms with E-state index in [1.807, 2.05) is 0 Å². The molecule has 2 heteroatoms. The van der Waals surface area contributed by atoms with Crippen LogP contribution >= 0.6 is 0 Å². The van der Waals surface area contributed by atoms with Crippen molar-refractivity contribution < 1.29 is 4.42 Å². The molecule has 0 bridgehead atoms. The van der Waals surface area contributed by atoms with Crippen molar-refractivity contribution in [2.75, 3.05) is 4.90 Å². The van der Waals surface area contributed by atoms with E-state index in [-0.39, 0.29) is 5.41 Å². The Bertz CT molecular complexity index is 3530. The van der Waals surface area contributed by atoms with Crippen molar-refractivity contribution in [3.63, 3.8) is 0 Å². The van der Waals surface area contributed by atoms with Crippen LogP contribution in [-0.2, 0) is 5.41 Å². The Balaban J connectivity index is 1.00. The van der Waals surface area contributed by atoms with E-state index in [1.54, 1.807) is 11.1 Å². The first-order valence-electron chi connectivity index (χ1n) is 23.0. The first-order chi connectivity index (χ1) is 31.2. The summed E-state index contributed by atoms with van der Waals surface area (Å²) in [6, 6.07) is 74.6. The van der Waals surface area contributed by atoms with Crippen molar-refractivity contribution >= 4 is 49.8 Å². The molecule has 1 heterocycles. The largest absolute Gasteiger partial charge is 0.456 e. The minimum Gasteiger partial charge on any atom is -0.456 e. The zero-order valence-corrected chi connectivity index (χ0v) is 34.8. The predicted octanol–water partition coefficient (Wildman–Crippen LogP) is 16.2. The molecule has 4 atom stereocenters. The zero-order valence-electron chi connectivity index (χ0n) is 34.8. The lowest BCUT2D eigenvalue weighted by Gasteiger charge is -2.92. The lowest BCUT2D eigenvalue weighted by Crippen LogP contribution is -2.88. The highest BCUT2D eigenvalue weighted by molar-refractivity contribution is 6.14. The second-order valence-corrected chi connectivity index (χ2v) is 19.1. The third-order valence-corrected chi connectivity index (χ3v) is 17.0. The van der Waals surface area contributed by atoms with Crippen LogP contribution in [0.15, 0.2) is 205 Å². The van der Waals surface area contributed by atoms with Crippen molar-refractivity contribution in [2.45, 2.75) is 24.7 Å². The van der Waals surface area contributed by atoms with Crippen molar-refractivity contribution in [3.05, 3.63) is 211 Å². The first kappa shape index (κ1) is 34.4. The lowest BCUT2D eigenvalue weighted by molar-refractivity contribution is -0.412. The Kier molecular flexibility index (Phi) is 6.70. The number of anilines is 3. The van der Waals surface area contributed by atoms with E-state index < -0.39 is 0 Å². The molecule has 63 heavy (non-hydrogen) atoms. The van der Waals surface area contributed by atoms with E-state index in [9.17, 15) is 0 Å². The SMILES string of the molecule is c1ccc(-c2cccc3cccc(-c4ccccc4N(c4ccc5c(c4)C4(c6ccccc6-5)C5CC6CC7CC4C675)c4ccccc4-c4cccc5oc6ccccc6c45)c23)cc1. The van der Waals surface area contributed by atoms with Gasteiger partial charge in [-0.15, -0.1) is 0 Å². The summed E-state index contributed by atoms with van der Waals surface area (Å²) in [5.41, 5.74) is 19.3. The number of hydrogen-bond donors (Lipinski definition) is 0.